The molecule has 0 amide bonds. The molecule has 1 aliphatic heterocycles. The van der Waals surface area contributed by atoms with Gasteiger partial charge in [-0.25, -0.2) is 12.8 Å². The molecule has 0 spiro atoms. The first-order valence-corrected chi connectivity index (χ1v) is 7.71. The van der Waals surface area contributed by atoms with E-state index in [1.165, 1.54) is 6.07 Å². The number of nitrogens with one attached hydrogen (secondary N) is 1. The average Bonchev–Trinajstić information content (AvgIpc) is 2.32. The van der Waals surface area contributed by atoms with E-state index in [-0.39, 0.29) is 16.9 Å². The summed E-state index contributed by atoms with van der Waals surface area (Å²) in [5.74, 6) is -0.724. The minimum Gasteiger partial charge on any atom is -0.310 e. The molecule has 0 fully saturated rings. The third-order valence-corrected chi connectivity index (χ3v) is 6.20. The highest BCUT2D eigenvalue weighted by atomic mass is 32.2. The Hall–Kier alpha value is -0.940. The zero-order chi connectivity index (χ0) is 13.5. The van der Waals surface area contributed by atoms with E-state index in [4.69, 9.17) is 0 Å². The highest BCUT2D eigenvalue weighted by Crippen LogP contribution is 2.41. The van der Waals surface area contributed by atoms with Gasteiger partial charge in [-0.05, 0) is 31.0 Å². The smallest absolute Gasteiger partial charge is 0.184 e. The molecule has 1 aliphatic rings. The van der Waals surface area contributed by atoms with Gasteiger partial charge in [0.05, 0.1) is 5.25 Å². The molecule has 1 aromatic carbocycles. The maximum atomic E-state index is 13.9. The van der Waals surface area contributed by atoms with Gasteiger partial charge >= 0.3 is 0 Å². The Kier molecular flexibility index (Phi) is 3.47. The van der Waals surface area contributed by atoms with Gasteiger partial charge < -0.3 is 5.32 Å². The third-order valence-electron chi connectivity index (χ3n) is 3.80. The average molecular weight is 271 g/mol. The van der Waals surface area contributed by atoms with Crippen LogP contribution in [0.2, 0.25) is 0 Å². The zero-order valence-corrected chi connectivity index (χ0v) is 11.6. The highest BCUT2D eigenvalue weighted by Gasteiger charge is 2.42. The van der Waals surface area contributed by atoms with Gasteiger partial charge in [0.1, 0.15) is 10.7 Å². The monoisotopic (exact) mass is 271 g/mol. The van der Waals surface area contributed by atoms with E-state index in [0.717, 1.165) is 6.54 Å². The molecule has 0 saturated carbocycles. The van der Waals surface area contributed by atoms with Crippen LogP contribution >= 0.6 is 0 Å². The van der Waals surface area contributed by atoms with Crippen molar-refractivity contribution < 1.29 is 12.8 Å². The van der Waals surface area contributed by atoms with Gasteiger partial charge in [-0.2, -0.15) is 0 Å². The number of benzene rings is 1. The Morgan fingerprint density at radius 1 is 1.33 bits per heavy atom. The van der Waals surface area contributed by atoms with E-state index >= 15 is 0 Å². The molecule has 0 aromatic heterocycles. The summed E-state index contributed by atoms with van der Waals surface area (Å²) in [4.78, 5) is -0.124. The van der Waals surface area contributed by atoms with E-state index in [2.05, 4.69) is 5.32 Å². The lowest BCUT2D eigenvalue weighted by atomic mass is 9.91. The van der Waals surface area contributed by atoms with Crippen molar-refractivity contribution in [1.82, 2.24) is 5.32 Å². The van der Waals surface area contributed by atoms with E-state index in [1.54, 1.807) is 19.1 Å². The van der Waals surface area contributed by atoms with Crippen LogP contribution in [0.25, 0.3) is 0 Å². The van der Waals surface area contributed by atoms with Crippen LogP contribution in [-0.4, -0.2) is 20.2 Å². The predicted octanol–water partition coefficient (Wildman–Crippen LogP) is 2.29. The summed E-state index contributed by atoms with van der Waals surface area (Å²) in [6, 6.07) is 4.36. The second-order valence-electron chi connectivity index (χ2n) is 4.80. The summed E-state index contributed by atoms with van der Waals surface area (Å²) < 4.78 is 38.5. The summed E-state index contributed by atoms with van der Waals surface area (Å²) >= 11 is 0. The second kappa shape index (κ2) is 4.63. The number of fused-ring (bicyclic) bond motifs is 1. The first kappa shape index (κ1) is 13.5. The van der Waals surface area contributed by atoms with Gasteiger partial charge in [-0.3, -0.25) is 0 Å². The Bertz CT molecular complexity index is 556. The molecule has 5 heteroatoms. The zero-order valence-electron chi connectivity index (χ0n) is 10.8. The summed E-state index contributed by atoms with van der Waals surface area (Å²) in [5.41, 5.74) is 0.558. The van der Waals surface area contributed by atoms with Crippen molar-refractivity contribution in [3.8, 4) is 0 Å². The predicted molar refractivity (Wildman–Crippen MR) is 68.6 cm³/mol. The fraction of sp³-hybridized carbons (Fsp3) is 0.538. The van der Waals surface area contributed by atoms with Crippen molar-refractivity contribution in [2.24, 2.45) is 5.92 Å². The summed E-state index contributed by atoms with van der Waals surface area (Å²) in [6.45, 7) is 6.22. The van der Waals surface area contributed by atoms with Crippen LogP contribution in [0.4, 0.5) is 4.39 Å². The summed E-state index contributed by atoms with van der Waals surface area (Å²) in [5, 5.41) is 2.68. The molecule has 3 unspecified atom stereocenters. The van der Waals surface area contributed by atoms with Crippen LogP contribution in [0.1, 0.15) is 32.4 Å². The topological polar surface area (TPSA) is 46.2 Å². The van der Waals surface area contributed by atoms with E-state index < -0.39 is 20.9 Å². The molecular weight excluding hydrogens is 253 g/mol. The molecule has 3 atom stereocenters. The van der Waals surface area contributed by atoms with Crippen LogP contribution in [0.15, 0.2) is 23.1 Å². The van der Waals surface area contributed by atoms with Gasteiger partial charge in [0.25, 0.3) is 0 Å². The van der Waals surface area contributed by atoms with Gasteiger partial charge in [0.2, 0.25) is 0 Å². The van der Waals surface area contributed by atoms with E-state index in [0.29, 0.717) is 5.56 Å². The van der Waals surface area contributed by atoms with Gasteiger partial charge in [0.15, 0.2) is 9.84 Å². The van der Waals surface area contributed by atoms with Crippen molar-refractivity contribution in [3.05, 3.63) is 29.6 Å². The molecule has 1 aromatic rings. The van der Waals surface area contributed by atoms with Gasteiger partial charge in [-0.15, -0.1) is 0 Å². The first-order valence-electron chi connectivity index (χ1n) is 6.17. The Morgan fingerprint density at radius 2 is 2.00 bits per heavy atom. The molecule has 100 valence electrons. The second-order valence-corrected chi connectivity index (χ2v) is 7.04. The highest BCUT2D eigenvalue weighted by molar-refractivity contribution is 7.92. The number of rotatable bonds is 2. The third kappa shape index (κ3) is 1.86. The largest absolute Gasteiger partial charge is 0.310 e. The summed E-state index contributed by atoms with van der Waals surface area (Å²) in [7, 11) is -3.57. The molecule has 18 heavy (non-hydrogen) atoms. The van der Waals surface area contributed by atoms with Crippen molar-refractivity contribution in [2.45, 2.75) is 37.0 Å². The van der Waals surface area contributed by atoms with Crippen LogP contribution in [-0.2, 0) is 9.84 Å². The molecule has 0 bridgehead atoms. The van der Waals surface area contributed by atoms with Gasteiger partial charge in [0, 0.05) is 6.04 Å². The number of hydrogen-bond donors (Lipinski definition) is 1. The fourth-order valence-corrected chi connectivity index (χ4v) is 4.57. The Labute approximate surface area is 107 Å². The van der Waals surface area contributed by atoms with Crippen LogP contribution in [0.3, 0.4) is 0 Å². The standard InChI is InChI=1S/C13H18FNO2S/c1-4-15-12-8(2)9(3)18(16,17)13-10(12)6-5-7-11(13)14/h5-9,12,15H,4H2,1-3H3. The lowest BCUT2D eigenvalue weighted by molar-refractivity contribution is 0.359. The summed E-state index contributed by atoms with van der Waals surface area (Å²) in [6.07, 6.45) is 0. The molecule has 3 nitrogen and oxygen atoms in total. The lowest BCUT2D eigenvalue weighted by Gasteiger charge is -2.36. The molecule has 0 radical (unpaired) electrons. The molecule has 0 saturated heterocycles. The number of halogens is 1. The van der Waals surface area contributed by atoms with Crippen molar-refractivity contribution in [3.63, 3.8) is 0 Å². The SMILES string of the molecule is CCNC1c2cccc(F)c2S(=O)(=O)C(C)C1C. The first-order chi connectivity index (χ1) is 8.41. The van der Waals surface area contributed by atoms with Gasteiger partial charge in [-0.1, -0.05) is 26.0 Å². The Morgan fingerprint density at radius 3 is 2.61 bits per heavy atom. The van der Waals surface area contributed by atoms with Crippen molar-refractivity contribution >= 4 is 9.84 Å². The van der Waals surface area contributed by atoms with E-state index in [1.807, 2.05) is 13.8 Å². The molecule has 0 aliphatic carbocycles. The number of sulfone groups is 1. The lowest BCUT2D eigenvalue weighted by Crippen LogP contribution is -2.41. The molecular formula is C13H18FNO2S. The maximum absolute atomic E-state index is 13.9. The van der Waals surface area contributed by atoms with Crippen LogP contribution in [0.5, 0.6) is 0 Å². The minimum absolute atomic E-state index is 0.0794. The normalized spacial score (nSPS) is 29.9. The maximum Gasteiger partial charge on any atom is 0.184 e. The molecule has 1 heterocycles. The number of hydrogen-bond acceptors (Lipinski definition) is 3. The van der Waals surface area contributed by atoms with Crippen LogP contribution in [0, 0.1) is 11.7 Å². The molecule has 1 N–H and O–H groups in total. The van der Waals surface area contributed by atoms with Crippen molar-refractivity contribution in [2.75, 3.05) is 6.54 Å². The van der Waals surface area contributed by atoms with Crippen molar-refractivity contribution in [1.29, 1.82) is 0 Å². The Balaban J connectivity index is 2.70. The molecule has 2 rings (SSSR count). The van der Waals surface area contributed by atoms with E-state index in [9.17, 15) is 12.8 Å². The fourth-order valence-electron chi connectivity index (χ4n) is 2.61. The minimum atomic E-state index is -3.57. The van der Waals surface area contributed by atoms with Crippen LogP contribution < -0.4 is 5.32 Å². The quantitative estimate of drug-likeness (QED) is 0.897.